The van der Waals surface area contributed by atoms with Crippen LogP contribution in [-0.4, -0.2) is 38.6 Å². The molecule has 21 heavy (non-hydrogen) atoms. The topological polar surface area (TPSA) is 88.0 Å². The van der Waals surface area contributed by atoms with E-state index >= 15 is 0 Å². The van der Waals surface area contributed by atoms with Gasteiger partial charge in [0.2, 0.25) is 0 Å². The number of nitrogens with zero attached hydrogens (tertiary/aromatic N) is 3. The van der Waals surface area contributed by atoms with Crippen LogP contribution in [0.2, 0.25) is 0 Å². The number of rotatable bonds is 6. The molecule has 2 N–H and O–H groups in total. The molecule has 2 aromatic rings. The molecule has 2 heterocycles. The molecule has 6 nitrogen and oxygen atoms in total. The summed E-state index contributed by atoms with van der Waals surface area (Å²) >= 11 is 1.37. The number of carbonyl (C=O) groups excluding carboxylic acids is 1. The van der Waals surface area contributed by atoms with Crippen molar-refractivity contribution in [3.05, 3.63) is 29.7 Å². The van der Waals surface area contributed by atoms with Crippen LogP contribution in [-0.2, 0) is 0 Å². The Morgan fingerprint density at radius 2 is 2.33 bits per heavy atom. The molecular weight excluding hydrogens is 288 g/mol. The van der Waals surface area contributed by atoms with Crippen LogP contribution in [0.4, 0.5) is 0 Å². The van der Waals surface area contributed by atoms with E-state index in [4.69, 9.17) is 5.11 Å². The van der Waals surface area contributed by atoms with Crippen molar-refractivity contribution in [2.75, 3.05) is 6.61 Å². The zero-order chi connectivity index (χ0) is 14.7. The van der Waals surface area contributed by atoms with Crippen LogP contribution in [0, 0.1) is 5.92 Å². The van der Waals surface area contributed by atoms with Crippen LogP contribution in [0.3, 0.4) is 0 Å². The van der Waals surface area contributed by atoms with Crippen molar-refractivity contribution < 1.29 is 9.90 Å². The van der Waals surface area contributed by atoms with Crippen molar-refractivity contribution in [3.63, 3.8) is 0 Å². The number of nitrogens with one attached hydrogen (secondary N) is 1. The summed E-state index contributed by atoms with van der Waals surface area (Å²) in [5, 5.41) is 14.4. The monoisotopic (exact) mass is 304 g/mol. The van der Waals surface area contributed by atoms with Gasteiger partial charge in [-0.05, 0) is 25.2 Å². The minimum absolute atomic E-state index is 0.0455. The lowest BCUT2D eigenvalue weighted by atomic mass is 10.1. The molecule has 0 aromatic carbocycles. The first kappa shape index (κ1) is 14.1. The second kappa shape index (κ2) is 6.28. The summed E-state index contributed by atoms with van der Waals surface area (Å²) in [7, 11) is 0. The van der Waals surface area contributed by atoms with E-state index < -0.39 is 0 Å². The van der Waals surface area contributed by atoms with E-state index in [1.807, 2.05) is 0 Å². The second-order valence-electron chi connectivity index (χ2n) is 5.06. The van der Waals surface area contributed by atoms with E-state index in [1.165, 1.54) is 11.3 Å². The number of hydrogen-bond donors (Lipinski definition) is 2. The van der Waals surface area contributed by atoms with Gasteiger partial charge in [0.1, 0.15) is 16.4 Å². The van der Waals surface area contributed by atoms with Gasteiger partial charge in [-0.2, -0.15) is 0 Å². The SMILES string of the molecule is O=C(NC(CCO)C1CC1)c1csc(-c2cnccn2)n1. The van der Waals surface area contributed by atoms with Gasteiger partial charge in [-0.15, -0.1) is 11.3 Å². The fourth-order valence-corrected chi connectivity index (χ4v) is 2.97. The standard InChI is InChI=1S/C14H16N4O2S/c19-6-3-10(9-1-2-9)17-13(20)12-8-21-14(18-12)11-7-15-4-5-16-11/h4-5,7-10,19H,1-3,6H2,(H,17,20). The molecule has 0 spiro atoms. The Morgan fingerprint density at radius 3 is 3.00 bits per heavy atom. The molecule has 0 radical (unpaired) electrons. The van der Waals surface area contributed by atoms with Crippen LogP contribution in [0.25, 0.3) is 10.7 Å². The van der Waals surface area contributed by atoms with Crippen molar-refractivity contribution in [2.24, 2.45) is 5.92 Å². The summed E-state index contributed by atoms with van der Waals surface area (Å²) in [5.74, 6) is 0.311. The van der Waals surface area contributed by atoms with Crippen molar-refractivity contribution in [3.8, 4) is 10.7 Å². The van der Waals surface area contributed by atoms with Crippen molar-refractivity contribution >= 4 is 17.2 Å². The van der Waals surface area contributed by atoms with Gasteiger partial charge >= 0.3 is 0 Å². The predicted molar refractivity (Wildman–Crippen MR) is 78.8 cm³/mol. The van der Waals surface area contributed by atoms with Gasteiger partial charge in [0.25, 0.3) is 5.91 Å². The minimum Gasteiger partial charge on any atom is -0.396 e. The summed E-state index contributed by atoms with van der Waals surface area (Å²) in [6, 6.07) is 0.0455. The summed E-state index contributed by atoms with van der Waals surface area (Å²) < 4.78 is 0. The first-order chi connectivity index (χ1) is 10.3. The number of amides is 1. The van der Waals surface area contributed by atoms with E-state index in [0.717, 1.165) is 12.8 Å². The first-order valence-electron chi connectivity index (χ1n) is 6.91. The van der Waals surface area contributed by atoms with Crippen LogP contribution < -0.4 is 5.32 Å². The largest absolute Gasteiger partial charge is 0.396 e. The van der Waals surface area contributed by atoms with E-state index in [1.54, 1.807) is 24.0 Å². The Hall–Kier alpha value is -1.86. The Labute approximate surface area is 126 Å². The van der Waals surface area contributed by atoms with Crippen LogP contribution in [0.5, 0.6) is 0 Å². The molecule has 1 aliphatic rings. The Bertz CT molecular complexity index is 612. The predicted octanol–water partition coefficient (Wildman–Crippen LogP) is 1.49. The third-order valence-electron chi connectivity index (χ3n) is 3.47. The zero-order valence-corrected chi connectivity index (χ0v) is 12.2. The number of thiazole rings is 1. The number of aliphatic hydroxyl groups is 1. The molecule has 1 saturated carbocycles. The molecular formula is C14H16N4O2S. The number of hydrogen-bond acceptors (Lipinski definition) is 6. The average molecular weight is 304 g/mol. The van der Waals surface area contributed by atoms with Gasteiger partial charge in [0.15, 0.2) is 0 Å². The lowest BCUT2D eigenvalue weighted by molar-refractivity contribution is 0.0920. The highest BCUT2D eigenvalue weighted by Gasteiger charge is 2.32. The molecule has 1 atom stereocenters. The summed E-state index contributed by atoms with van der Waals surface area (Å²) in [6.45, 7) is 0.0867. The first-order valence-corrected chi connectivity index (χ1v) is 7.79. The van der Waals surface area contributed by atoms with E-state index in [2.05, 4.69) is 20.3 Å². The molecule has 2 aromatic heterocycles. The zero-order valence-electron chi connectivity index (χ0n) is 11.4. The minimum atomic E-state index is -0.188. The molecule has 0 aliphatic heterocycles. The summed E-state index contributed by atoms with van der Waals surface area (Å²) in [5.41, 5.74) is 1.06. The van der Waals surface area contributed by atoms with Crippen molar-refractivity contribution in [2.45, 2.75) is 25.3 Å². The van der Waals surface area contributed by atoms with Crippen LogP contribution in [0.1, 0.15) is 29.8 Å². The molecule has 7 heteroatoms. The fraction of sp³-hybridized carbons (Fsp3) is 0.429. The van der Waals surface area contributed by atoms with Gasteiger partial charge in [-0.25, -0.2) is 4.98 Å². The Balaban J connectivity index is 1.69. The van der Waals surface area contributed by atoms with E-state index in [-0.39, 0.29) is 18.6 Å². The summed E-state index contributed by atoms with van der Waals surface area (Å²) in [6.07, 6.45) is 7.65. The third-order valence-corrected chi connectivity index (χ3v) is 4.33. The van der Waals surface area contributed by atoms with Gasteiger partial charge in [-0.3, -0.25) is 14.8 Å². The number of carbonyl (C=O) groups is 1. The lowest BCUT2D eigenvalue weighted by Gasteiger charge is -2.16. The Kier molecular flexibility index (Phi) is 4.21. The van der Waals surface area contributed by atoms with Crippen LogP contribution in [0.15, 0.2) is 24.0 Å². The normalized spacial score (nSPS) is 15.7. The maximum Gasteiger partial charge on any atom is 0.271 e. The molecule has 1 fully saturated rings. The van der Waals surface area contributed by atoms with Crippen molar-refractivity contribution in [1.82, 2.24) is 20.3 Å². The van der Waals surface area contributed by atoms with Crippen LogP contribution >= 0.6 is 11.3 Å². The number of aromatic nitrogens is 3. The Morgan fingerprint density at radius 1 is 1.48 bits per heavy atom. The maximum absolute atomic E-state index is 12.2. The molecule has 110 valence electrons. The highest BCUT2D eigenvalue weighted by atomic mass is 32.1. The highest BCUT2D eigenvalue weighted by Crippen LogP contribution is 2.34. The third kappa shape index (κ3) is 3.43. The molecule has 1 aliphatic carbocycles. The smallest absolute Gasteiger partial charge is 0.271 e. The molecule has 1 unspecified atom stereocenters. The van der Waals surface area contributed by atoms with E-state index in [9.17, 15) is 4.79 Å². The molecule has 1 amide bonds. The van der Waals surface area contributed by atoms with Gasteiger partial charge in [0, 0.05) is 30.4 Å². The van der Waals surface area contributed by atoms with Gasteiger partial charge in [0.05, 0.1) is 6.20 Å². The van der Waals surface area contributed by atoms with Crippen molar-refractivity contribution in [1.29, 1.82) is 0 Å². The van der Waals surface area contributed by atoms with E-state index in [0.29, 0.717) is 28.7 Å². The molecule has 0 bridgehead atoms. The summed E-state index contributed by atoms with van der Waals surface area (Å²) in [4.78, 5) is 24.7. The average Bonchev–Trinajstić information content (AvgIpc) is 3.24. The molecule has 3 rings (SSSR count). The van der Waals surface area contributed by atoms with Gasteiger partial charge < -0.3 is 10.4 Å². The fourth-order valence-electron chi connectivity index (χ4n) is 2.21. The quantitative estimate of drug-likeness (QED) is 0.844. The highest BCUT2D eigenvalue weighted by molar-refractivity contribution is 7.13. The maximum atomic E-state index is 12.2. The number of aliphatic hydroxyl groups excluding tert-OH is 1. The van der Waals surface area contributed by atoms with Gasteiger partial charge in [-0.1, -0.05) is 0 Å². The second-order valence-corrected chi connectivity index (χ2v) is 5.92. The molecule has 0 saturated heterocycles. The lowest BCUT2D eigenvalue weighted by Crippen LogP contribution is -2.37.